The van der Waals surface area contributed by atoms with Gasteiger partial charge in [-0.3, -0.25) is 4.79 Å². The van der Waals surface area contributed by atoms with Crippen LogP contribution in [0.1, 0.15) is 40.0 Å². The van der Waals surface area contributed by atoms with E-state index in [2.05, 4.69) is 20.8 Å². The zero-order valence-corrected chi connectivity index (χ0v) is 8.17. The maximum absolute atomic E-state index is 11.0. The van der Waals surface area contributed by atoms with Gasteiger partial charge in [-0.25, -0.2) is 0 Å². The average Bonchev–Trinajstić information content (AvgIpc) is 1.81. The Labute approximate surface area is 74.3 Å². The minimum absolute atomic E-state index is 0.0144. The summed E-state index contributed by atoms with van der Waals surface area (Å²) >= 11 is 0. The Balaban J connectivity index is 2.39. The Morgan fingerprint density at radius 1 is 1.58 bits per heavy atom. The first-order valence-electron chi connectivity index (χ1n) is 4.77. The standard InChI is InChI=1S/C10H18O2/c1-7(2)4-9-5-8(3)6-10(11)12-9/h7-9H,4-6H2,1-3H3/t8-,9+/m0/s1. The Morgan fingerprint density at radius 2 is 2.25 bits per heavy atom. The van der Waals surface area contributed by atoms with Crippen LogP contribution in [0, 0.1) is 11.8 Å². The zero-order chi connectivity index (χ0) is 9.14. The number of hydrogen-bond acceptors (Lipinski definition) is 2. The van der Waals surface area contributed by atoms with E-state index in [4.69, 9.17) is 4.74 Å². The highest BCUT2D eigenvalue weighted by atomic mass is 16.5. The van der Waals surface area contributed by atoms with E-state index in [0.717, 1.165) is 12.8 Å². The van der Waals surface area contributed by atoms with Gasteiger partial charge >= 0.3 is 5.97 Å². The number of rotatable bonds is 2. The second-order valence-electron chi connectivity index (χ2n) is 4.29. The van der Waals surface area contributed by atoms with Crippen LogP contribution in [-0.2, 0) is 9.53 Å². The van der Waals surface area contributed by atoms with Crippen molar-refractivity contribution in [1.29, 1.82) is 0 Å². The lowest BCUT2D eigenvalue weighted by Gasteiger charge is -2.27. The molecule has 2 nitrogen and oxygen atoms in total. The van der Waals surface area contributed by atoms with E-state index in [-0.39, 0.29) is 12.1 Å². The Bertz CT molecular complexity index is 161. The lowest BCUT2D eigenvalue weighted by molar-refractivity contribution is -0.157. The summed E-state index contributed by atoms with van der Waals surface area (Å²) in [4.78, 5) is 11.0. The van der Waals surface area contributed by atoms with Crippen LogP contribution < -0.4 is 0 Å². The van der Waals surface area contributed by atoms with E-state index in [9.17, 15) is 4.79 Å². The third-order valence-electron chi connectivity index (χ3n) is 2.21. The minimum Gasteiger partial charge on any atom is -0.462 e. The number of carbonyl (C=O) groups excluding carboxylic acids is 1. The van der Waals surface area contributed by atoms with Crippen LogP contribution >= 0.6 is 0 Å². The van der Waals surface area contributed by atoms with Crippen LogP contribution in [0.15, 0.2) is 0 Å². The summed E-state index contributed by atoms with van der Waals surface area (Å²) in [6, 6.07) is 0. The first-order chi connectivity index (χ1) is 5.58. The highest BCUT2D eigenvalue weighted by molar-refractivity contribution is 5.70. The molecule has 12 heavy (non-hydrogen) atoms. The summed E-state index contributed by atoms with van der Waals surface area (Å²) in [6.45, 7) is 6.44. The summed E-state index contributed by atoms with van der Waals surface area (Å²) < 4.78 is 5.23. The van der Waals surface area contributed by atoms with Crippen molar-refractivity contribution in [3.63, 3.8) is 0 Å². The summed E-state index contributed by atoms with van der Waals surface area (Å²) in [5, 5.41) is 0. The molecule has 0 aliphatic carbocycles. The SMILES string of the molecule is CC(C)C[C@@H]1C[C@H](C)CC(=O)O1. The molecule has 0 radical (unpaired) electrons. The van der Waals surface area contributed by atoms with Crippen molar-refractivity contribution >= 4 is 5.97 Å². The van der Waals surface area contributed by atoms with Crippen molar-refractivity contribution in [2.45, 2.75) is 46.1 Å². The molecule has 0 bridgehead atoms. The number of cyclic esters (lactones) is 1. The van der Waals surface area contributed by atoms with Crippen LogP contribution in [0.2, 0.25) is 0 Å². The molecule has 1 aliphatic rings. The molecule has 1 heterocycles. The van der Waals surface area contributed by atoms with Crippen LogP contribution in [0.25, 0.3) is 0 Å². The highest BCUT2D eigenvalue weighted by Gasteiger charge is 2.25. The van der Waals surface area contributed by atoms with Gasteiger partial charge < -0.3 is 4.74 Å². The molecule has 1 rings (SSSR count). The Morgan fingerprint density at radius 3 is 2.75 bits per heavy atom. The van der Waals surface area contributed by atoms with Crippen LogP contribution in [-0.4, -0.2) is 12.1 Å². The summed E-state index contributed by atoms with van der Waals surface area (Å²) in [6.07, 6.45) is 2.84. The molecule has 0 aromatic heterocycles. The summed E-state index contributed by atoms with van der Waals surface area (Å²) in [5.74, 6) is 1.11. The fourth-order valence-corrected chi connectivity index (χ4v) is 1.77. The number of hydrogen-bond donors (Lipinski definition) is 0. The summed E-state index contributed by atoms with van der Waals surface area (Å²) in [5.41, 5.74) is 0. The molecule has 1 fully saturated rings. The average molecular weight is 170 g/mol. The van der Waals surface area contributed by atoms with Crippen molar-refractivity contribution in [3.8, 4) is 0 Å². The fraction of sp³-hybridized carbons (Fsp3) is 0.900. The predicted octanol–water partition coefficient (Wildman–Crippen LogP) is 2.37. The lowest BCUT2D eigenvalue weighted by Crippen LogP contribution is -2.29. The van der Waals surface area contributed by atoms with Crippen molar-refractivity contribution in [2.24, 2.45) is 11.8 Å². The molecule has 70 valence electrons. The number of ether oxygens (including phenoxy) is 1. The molecule has 1 saturated heterocycles. The summed E-state index contributed by atoms with van der Waals surface area (Å²) in [7, 11) is 0. The predicted molar refractivity (Wildman–Crippen MR) is 47.7 cm³/mol. The van der Waals surface area contributed by atoms with Gasteiger partial charge in [-0.05, 0) is 24.7 Å². The van der Waals surface area contributed by atoms with E-state index in [0.29, 0.717) is 18.3 Å². The largest absolute Gasteiger partial charge is 0.462 e. The topological polar surface area (TPSA) is 26.3 Å². The molecule has 0 saturated carbocycles. The normalized spacial score (nSPS) is 30.5. The molecular formula is C10H18O2. The zero-order valence-electron chi connectivity index (χ0n) is 8.17. The maximum Gasteiger partial charge on any atom is 0.306 e. The molecule has 1 aliphatic heterocycles. The van der Waals surface area contributed by atoms with Crippen molar-refractivity contribution in [1.82, 2.24) is 0 Å². The first kappa shape index (κ1) is 9.56. The molecule has 0 aromatic carbocycles. The lowest BCUT2D eigenvalue weighted by atomic mass is 9.92. The van der Waals surface area contributed by atoms with E-state index >= 15 is 0 Å². The molecule has 0 unspecified atom stereocenters. The van der Waals surface area contributed by atoms with Crippen molar-refractivity contribution in [2.75, 3.05) is 0 Å². The molecule has 0 amide bonds. The van der Waals surface area contributed by atoms with Crippen LogP contribution in [0.5, 0.6) is 0 Å². The van der Waals surface area contributed by atoms with Gasteiger partial charge in [0.15, 0.2) is 0 Å². The van der Waals surface area contributed by atoms with E-state index < -0.39 is 0 Å². The van der Waals surface area contributed by atoms with E-state index in [1.165, 1.54) is 0 Å². The second kappa shape index (κ2) is 3.92. The Hall–Kier alpha value is -0.530. The van der Waals surface area contributed by atoms with Gasteiger partial charge in [-0.15, -0.1) is 0 Å². The van der Waals surface area contributed by atoms with Crippen LogP contribution in [0.4, 0.5) is 0 Å². The number of carbonyl (C=O) groups is 1. The molecule has 2 atom stereocenters. The quantitative estimate of drug-likeness (QED) is 0.595. The molecule has 2 heteroatoms. The molecule has 0 N–H and O–H groups in total. The highest BCUT2D eigenvalue weighted by Crippen LogP contribution is 2.24. The van der Waals surface area contributed by atoms with Gasteiger partial charge in [-0.1, -0.05) is 20.8 Å². The van der Waals surface area contributed by atoms with Gasteiger partial charge in [0.2, 0.25) is 0 Å². The van der Waals surface area contributed by atoms with Gasteiger partial charge in [-0.2, -0.15) is 0 Å². The molecular weight excluding hydrogens is 152 g/mol. The van der Waals surface area contributed by atoms with E-state index in [1.807, 2.05) is 0 Å². The van der Waals surface area contributed by atoms with Gasteiger partial charge in [0.05, 0.1) is 0 Å². The third-order valence-corrected chi connectivity index (χ3v) is 2.21. The van der Waals surface area contributed by atoms with Gasteiger partial charge in [0.1, 0.15) is 6.10 Å². The Kier molecular flexibility index (Phi) is 3.12. The first-order valence-corrected chi connectivity index (χ1v) is 4.77. The van der Waals surface area contributed by atoms with Crippen molar-refractivity contribution in [3.05, 3.63) is 0 Å². The minimum atomic E-state index is -0.0144. The fourth-order valence-electron chi connectivity index (χ4n) is 1.77. The van der Waals surface area contributed by atoms with Crippen LogP contribution in [0.3, 0.4) is 0 Å². The van der Waals surface area contributed by atoms with Gasteiger partial charge in [0, 0.05) is 6.42 Å². The molecule has 0 aromatic rings. The number of esters is 1. The second-order valence-corrected chi connectivity index (χ2v) is 4.29. The monoisotopic (exact) mass is 170 g/mol. The molecule has 0 spiro atoms. The van der Waals surface area contributed by atoms with Gasteiger partial charge in [0.25, 0.3) is 0 Å². The van der Waals surface area contributed by atoms with E-state index in [1.54, 1.807) is 0 Å². The van der Waals surface area contributed by atoms with Crippen molar-refractivity contribution < 1.29 is 9.53 Å². The maximum atomic E-state index is 11.0. The third kappa shape index (κ3) is 2.84. The smallest absolute Gasteiger partial charge is 0.306 e.